The van der Waals surface area contributed by atoms with Gasteiger partial charge in [0.15, 0.2) is 4.34 Å². The minimum Gasteiger partial charge on any atom is -0.299 e. The molecule has 7 nitrogen and oxygen atoms in total. The van der Waals surface area contributed by atoms with Gasteiger partial charge in [-0.3, -0.25) is 14.4 Å². The summed E-state index contributed by atoms with van der Waals surface area (Å²) >= 11 is 2.66. The van der Waals surface area contributed by atoms with Gasteiger partial charge in [0, 0.05) is 0 Å². The van der Waals surface area contributed by atoms with Gasteiger partial charge in [0.2, 0.25) is 21.1 Å². The molecule has 2 aromatic rings. The van der Waals surface area contributed by atoms with Crippen molar-refractivity contribution in [3.63, 3.8) is 0 Å². The zero-order valence-corrected chi connectivity index (χ0v) is 16.0. The van der Waals surface area contributed by atoms with Crippen LogP contribution in [0, 0.1) is 0 Å². The molecule has 24 heavy (non-hydrogen) atoms. The molecule has 0 atom stereocenters. The van der Waals surface area contributed by atoms with Gasteiger partial charge in [-0.05, 0) is 24.3 Å². The second-order valence-electron chi connectivity index (χ2n) is 4.88. The summed E-state index contributed by atoms with van der Waals surface area (Å²) in [5.41, 5.74) is 1.37. The first-order valence-corrected chi connectivity index (χ1v) is 11.0. The second kappa shape index (κ2) is 7.95. The lowest BCUT2D eigenvalue weighted by molar-refractivity contribution is -0.114. The fourth-order valence-electron chi connectivity index (χ4n) is 2.07. The molecule has 1 amide bonds. The monoisotopic (exact) mass is 386 g/mol. The number of hydrogen-bond acceptors (Lipinski definition) is 7. The van der Waals surface area contributed by atoms with E-state index in [0.717, 1.165) is 20.5 Å². The Morgan fingerprint density at radius 3 is 2.62 bits per heavy atom. The number of carbonyl (C=O) groups excluding carboxylic acids is 1. The van der Waals surface area contributed by atoms with Gasteiger partial charge >= 0.3 is 0 Å². The molecule has 0 spiro atoms. The van der Waals surface area contributed by atoms with E-state index in [1.54, 1.807) is 12.1 Å². The highest BCUT2D eigenvalue weighted by atomic mass is 32.2. The van der Waals surface area contributed by atoms with Gasteiger partial charge < -0.3 is 0 Å². The highest BCUT2D eigenvalue weighted by Crippen LogP contribution is 2.25. The molecular weight excluding hydrogens is 368 g/mol. The molecule has 0 unspecified atom stereocenters. The largest absolute Gasteiger partial charge is 0.299 e. The molecule has 0 bridgehead atoms. The molecule has 0 aliphatic rings. The maximum atomic E-state index is 12.3. The first kappa shape index (κ1) is 18.7. The SMILES string of the molecule is CCc1ccccc1N(CC(=O)Nc1nnc(SC)s1)S(C)(=O)=O. The van der Waals surface area contributed by atoms with E-state index < -0.39 is 15.9 Å². The van der Waals surface area contributed by atoms with Crippen molar-refractivity contribution in [2.24, 2.45) is 0 Å². The zero-order valence-electron chi connectivity index (χ0n) is 13.5. The van der Waals surface area contributed by atoms with Gasteiger partial charge in [-0.15, -0.1) is 10.2 Å². The fraction of sp³-hybridized carbons (Fsp3) is 0.357. The summed E-state index contributed by atoms with van der Waals surface area (Å²) in [6.45, 7) is 1.62. The average molecular weight is 387 g/mol. The molecule has 0 radical (unpaired) electrons. The number of benzene rings is 1. The smallest absolute Gasteiger partial charge is 0.246 e. The number of hydrogen-bond donors (Lipinski definition) is 1. The molecular formula is C14H18N4O3S3. The van der Waals surface area contributed by atoms with Crippen LogP contribution in [-0.4, -0.2) is 43.6 Å². The number of aryl methyl sites for hydroxylation is 1. The van der Waals surface area contributed by atoms with E-state index in [1.165, 1.54) is 23.1 Å². The summed E-state index contributed by atoms with van der Waals surface area (Å²) in [5.74, 6) is -0.463. The summed E-state index contributed by atoms with van der Waals surface area (Å²) in [7, 11) is -3.60. The van der Waals surface area contributed by atoms with Crippen LogP contribution >= 0.6 is 23.1 Å². The molecule has 0 fully saturated rings. The van der Waals surface area contributed by atoms with Crippen molar-refractivity contribution in [2.45, 2.75) is 17.7 Å². The van der Waals surface area contributed by atoms with E-state index in [4.69, 9.17) is 0 Å². The predicted octanol–water partition coefficient (Wildman–Crippen LogP) is 2.23. The van der Waals surface area contributed by atoms with E-state index in [9.17, 15) is 13.2 Å². The van der Waals surface area contributed by atoms with E-state index in [1.807, 2.05) is 25.3 Å². The summed E-state index contributed by atoms with van der Waals surface area (Å²) in [5, 5.41) is 10.7. The zero-order chi connectivity index (χ0) is 17.7. The minimum atomic E-state index is -3.60. The highest BCUT2D eigenvalue weighted by molar-refractivity contribution is 8.00. The highest BCUT2D eigenvalue weighted by Gasteiger charge is 2.23. The van der Waals surface area contributed by atoms with Gasteiger partial charge in [-0.2, -0.15) is 0 Å². The Kier molecular flexibility index (Phi) is 6.19. The number of para-hydroxylation sites is 1. The van der Waals surface area contributed by atoms with Crippen LogP contribution in [0.1, 0.15) is 12.5 Å². The Morgan fingerprint density at radius 1 is 1.33 bits per heavy atom. The van der Waals surface area contributed by atoms with Crippen molar-refractivity contribution < 1.29 is 13.2 Å². The first-order chi connectivity index (χ1) is 11.3. The third-order valence-corrected chi connectivity index (χ3v) is 6.10. The molecule has 1 N–H and O–H groups in total. The van der Waals surface area contributed by atoms with Gasteiger partial charge in [0.25, 0.3) is 0 Å². The molecule has 0 aliphatic heterocycles. The lowest BCUT2D eigenvalue weighted by atomic mass is 10.1. The number of nitrogens with zero attached hydrogens (tertiary/aromatic N) is 3. The maximum Gasteiger partial charge on any atom is 0.246 e. The number of aromatic nitrogens is 2. The van der Waals surface area contributed by atoms with Crippen LogP contribution < -0.4 is 9.62 Å². The van der Waals surface area contributed by atoms with E-state index in [0.29, 0.717) is 17.2 Å². The summed E-state index contributed by atoms with van der Waals surface area (Å²) in [6, 6.07) is 7.14. The fourth-order valence-corrected chi connectivity index (χ4v) is 4.14. The van der Waals surface area contributed by atoms with Crippen molar-refractivity contribution in [3.8, 4) is 0 Å². The third kappa shape index (κ3) is 4.68. The summed E-state index contributed by atoms with van der Waals surface area (Å²) < 4.78 is 26.1. The van der Waals surface area contributed by atoms with Crippen LogP contribution in [0.2, 0.25) is 0 Å². The number of carbonyl (C=O) groups is 1. The number of thioether (sulfide) groups is 1. The normalized spacial score (nSPS) is 11.3. The van der Waals surface area contributed by atoms with Crippen molar-refractivity contribution in [1.82, 2.24) is 10.2 Å². The van der Waals surface area contributed by atoms with Gasteiger partial charge in [0.1, 0.15) is 6.54 Å². The lowest BCUT2D eigenvalue weighted by Gasteiger charge is -2.23. The molecule has 1 aromatic heterocycles. The third-order valence-electron chi connectivity index (χ3n) is 3.16. The Morgan fingerprint density at radius 2 is 2.04 bits per heavy atom. The van der Waals surface area contributed by atoms with Gasteiger partial charge in [0.05, 0.1) is 11.9 Å². The molecule has 1 heterocycles. The molecule has 2 rings (SSSR count). The summed E-state index contributed by atoms with van der Waals surface area (Å²) in [4.78, 5) is 12.3. The Balaban J connectivity index is 2.22. The molecule has 130 valence electrons. The minimum absolute atomic E-state index is 0.315. The predicted molar refractivity (Wildman–Crippen MR) is 98.3 cm³/mol. The molecule has 0 saturated heterocycles. The molecule has 10 heteroatoms. The lowest BCUT2D eigenvalue weighted by Crippen LogP contribution is -2.38. The molecule has 0 saturated carbocycles. The first-order valence-electron chi connectivity index (χ1n) is 7.08. The van der Waals surface area contributed by atoms with Crippen LogP contribution in [-0.2, 0) is 21.2 Å². The number of anilines is 2. The van der Waals surface area contributed by atoms with E-state index in [2.05, 4.69) is 15.5 Å². The van der Waals surface area contributed by atoms with Crippen LogP contribution in [0.25, 0.3) is 0 Å². The number of rotatable bonds is 7. The average Bonchev–Trinajstić information content (AvgIpc) is 2.99. The number of amides is 1. The Hall–Kier alpha value is -1.65. The van der Waals surface area contributed by atoms with Crippen molar-refractivity contribution in [3.05, 3.63) is 29.8 Å². The second-order valence-corrected chi connectivity index (χ2v) is 8.82. The molecule has 0 aliphatic carbocycles. The topological polar surface area (TPSA) is 92.3 Å². The number of sulfonamides is 1. The van der Waals surface area contributed by atoms with Crippen molar-refractivity contribution >= 4 is 49.8 Å². The van der Waals surface area contributed by atoms with Crippen LogP contribution in [0.4, 0.5) is 10.8 Å². The molecule has 1 aromatic carbocycles. The van der Waals surface area contributed by atoms with Crippen molar-refractivity contribution in [1.29, 1.82) is 0 Å². The standard InChI is InChI=1S/C14H18N4O3S3/c1-4-10-7-5-6-8-11(10)18(24(3,20)21)9-12(19)15-13-16-17-14(22-2)23-13/h5-8H,4,9H2,1-3H3,(H,15,16,19). The summed E-state index contributed by atoms with van der Waals surface area (Å²) in [6.07, 6.45) is 3.61. The van der Waals surface area contributed by atoms with Crippen LogP contribution in [0.5, 0.6) is 0 Å². The number of nitrogens with one attached hydrogen (secondary N) is 1. The Bertz CT molecular complexity index is 820. The van der Waals surface area contributed by atoms with Crippen LogP contribution in [0.3, 0.4) is 0 Å². The van der Waals surface area contributed by atoms with E-state index in [-0.39, 0.29) is 6.54 Å². The Labute approximate surface area is 149 Å². The van der Waals surface area contributed by atoms with Crippen molar-refractivity contribution in [2.75, 3.05) is 28.7 Å². The quantitative estimate of drug-likeness (QED) is 0.579. The van der Waals surface area contributed by atoms with Crippen LogP contribution in [0.15, 0.2) is 28.6 Å². The van der Waals surface area contributed by atoms with Gasteiger partial charge in [-0.1, -0.05) is 48.2 Å². The maximum absolute atomic E-state index is 12.3. The van der Waals surface area contributed by atoms with E-state index >= 15 is 0 Å². The van der Waals surface area contributed by atoms with Gasteiger partial charge in [-0.25, -0.2) is 8.42 Å².